The monoisotopic (exact) mass is 243 g/mol. The molecule has 0 aliphatic carbocycles. The third-order valence-electron chi connectivity index (χ3n) is 1.85. The zero-order valence-corrected chi connectivity index (χ0v) is 9.34. The molecule has 92 valence electrons. The standard InChI is InChI=1S/C11H11F2NO3/c1-6(15)14-5-8-3-9(12)11(10(13)4-8)17-7(2)16/h3-4H,5H2,1-2H3,(H,14,15). The normalized spacial score (nSPS) is 9.88. The average Bonchev–Trinajstić information content (AvgIpc) is 2.20. The van der Waals surface area contributed by atoms with Crippen molar-refractivity contribution in [3.8, 4) is 5.75 Å². The van der Waals surface area contributed by atoms with Gasteiger partial charge in [-0.3, -0.25) is 9.59 Å². The first kappa shape index (κ1) is 13.1. The summed E-state index contributed by atoms with van der Waals surface area (Å²) < 4.78 is 31.1. The fourth-order valence-electron chi connectivity index (χ4n) is 1.18. The van der Waals surface area contributed by atoms with Crippen molar-refractivity contribution in [1.82, 2.24) is 5.32 Å². The number of amides is 1. The minimum absolute atomic E-state index is 0.00350. The van der Waals surface area contributed by atoms with E-state index >= 15 is 0 Å². The number of ether oxygens (including phenoxy) is 1. The van der Waals surface area contributed by atoms with Crippen molar-refractivity contribution in [3.05, 3.63) is 29.3 Å². The van der Waals surface area contributed by atoms with Crippen molar-refractivity contribution in [1.29, 1.82) is 0 Å². The van der Waals surface area contributed by atoms with Gasteiger partial charge in [0.25, 0.3) is 0 Å². The summed E-state index contributed by atoms with van der Waals surface area (Å²) in [5.74, 6) is -3.82. The van der Waals surface area contributed by atoms with Crippen molar-refractivity contribution in [2.45, 2.75) is 20.4 Å². The molecule has 1 N–H and O–H groups in total. The zero-order valence-electron chi connectivity index (χ0n) is 9.34. The van der Waals surface area contributed by atoms with Gasteiger partial charge in [-0.15, -0.1) is 0 Å². The molecule has 1 aromatic carbocycles. The highest BCUT2D eigenvalue weighted by molar-refractivity contribution is 5.72. The van der Waals surface area contributed by atoms with Crippen molar-refractivity contribution in [2.24, 2.45) is 0 Å². The van der Waals surface area contributed by atoms with Crippen LogP contribution in [-0.4, -0.2) is 11.9 Å². The molecule has 17 heavy (non-hydrogen) atoms. The molecule has 0 spiro atoms. The molecule has 0 radical (unpaired) electrons. The van der Waals surface area contributed by atoms with Crippen LogP contribution < -0.4 is 10.1 Å². The van der Waals surface area contributed by atoms with E-state index in [0.29, 0.717) is 0 Å². The third-order valence-corrected chi connectivity index (χ3v) is 1.85. The molecule has 6 heteroatoms. The number of benzene rings is 1. The fourth-order valence-corrected chi connectivity index (χ4v) is 1.18. The van der Waals surface area contributed by atoms with Gasteiger partial charge in [-0.1, -0.05) is 0 Å². The maximum absolute atomic E-state index is 13.4. The summed E-state index contributed by atoms with van der Waals surface area (Å²) in [4.78, 5) is 21.2. The molecule has 1 amide bonds. The lowest BCUT2D eigenvalue weighted by molar-refractivity contribution is -0.132. The van der Waals surface area contributed by atoms with E-state index in [9.17, 15) is 18.4 Å². The Morgan fingerprint density at radius 2 is 1.76 bits per heavy atom. The van der Waals surface area contributed by atoms with E-state index in [-0.39, 0.29) is 18.0 Å². The molecule has 1 rings (SSSR count). The number of carbonyl (C=O) groups excluding carboxylic acids is 2. The van der Waals surface area contributed by atoms with Crippen molar-refractivity contribution < 1.29 is 23.1 Å². The Bertz CT molecular complexity index is 437. The first-order valence-corrected chi connectivity index (χ1v) is 4.81. The number of rotatable bonds is 3. The topological polar surface area (TPSA) is 55.4 Å². The SMILES string of the molecule is CC(=O)NCc1cc(F)c(OC(C)=O)c(F)c1. The van der Waals surface area contributed by atoms with Gasteiger partial charge in [0.05, 0.1) is 0 Å². The molecule has 1 aromatic rings. The second-order valence-electron chi connectivity index (χ2n) is 3.39. The second kappa shape index (κ2) is 5.38. The van der Waals surface area contributed by atoms with Crippen LogP contribution in [0.15, 0.2) is 12.1 Å². The Hall–Kier alpha value is -1.98. The van der Waals surface area contributed by atoms with Gasteiger partial charge in [-0.05, 0) is 17.7 Å². The highest BCUT2D eigenvalue weighted by atomic mass is 19.1. The van der Waals surface area contributed by atoms with Gasteiger partial charge >= 0.3 is 5.97 Å². The van der Waals surface area contributed by atoms with Crippen LogP contribution in [-0.2, 0) is 16.1 Å². The van der Waals surface area contributed by atoms with Crippen LogP contribution in [0.1, 0.15) is 19.4 Å². The summed E-state index contributed by atoms with van der Waals surface area (Å²) in [6.07, 6.45) is 0. The molecule has 0 aromatic heterocycles. The minimum atomic E-state index is -0.986. The molecule has 4 nitrogen and oxygen atoms in total. The summed E-state index contributed by atoms with van der Waals surface area (Å²) in [5.41, 5.74) is 0.242. The van der Waals surface area contributed by atoms with E-state index in [1.54, 1.807) is 0 Å². The number of carbonyl (C=O) groups is 2. The maximum atomic E-state index is 13.4. The van der Waals surface area contributed by atoms with E-state index in [1.165, 1.54) is 6.92 Å². The van der Waals surface area contributed by atoms with Crippen molar-refractivity contribution in [2.75, 3.05) is 0 Å². The number of hydrogen-bond donors (Lipinski definition) is 1. The van der Waals surface area contributed by atoms with Gasteiger partial charge in [0.1, 0.15) is 0 Å². The van der Waals surface area contributed by atoms with Gasteiger partial charge in [-0.2, -0.15) is 0 Å². The van der Waals surface area contributed by atoms with Gasteiger partial charge in [0, 0.05) is 20.4 Å². The van der Waals surface area contributed by atoms with Crippen LogP contribution in [0.4, 0.5) is 8.78 Å². The quantitative estimate of drug-likeness (QED) is 0.647. The van der Waals surface area contributed by atoms with Gasteiger partial charge in [-0.25, -0.2) is 8.78 Å². The number of esters is 1. The molecule has 0 heterocycles. The first-order valence-electron chi connectivity index (χ1n) is 4.81. The molecule has 0 fully saturated rings. The lowest BCUT2D eigenvalue weighted by atomic mass is 10.2. The van der Waals surface area contributed by atoms with E-state index < -0.39 is 23.4 Å². The Labute approximate surface area is 96.6 Å². The van der Waals surface area contributed by atoms with Crippen LogP contribution in [0.2, 0.25) is 0 Å². The average molecular weight is 243 g/mol. The lowest BCUT2D eigenvalue weighted by Crippen LogP contribution is -2.19. The van der Waals surface area contributed by atoms with E-state index in [0.717, 1.165) is 19.1 Å². The number of halogens is 2. The van der Waals surface area contributed by atoms with E-state index in [2.05, 4.69) is 10.1 Å². The summed E-state index contributed by atoms with van der Waals surface area (Å²) in [7, 11) is 0. The van der Waals surface area contributed by atoms with Gasteiger partial charge in [0.2, 0.25) is 11.7 Å². The number of hydrogen-bond acceptors (Lipinski definition) is 3. The Kier molecular flexibility index (Phi) is 4.14. The lowest BCUT2D eigenvalue weighted by Gasteiger charge is -2.07. The Morgan fingerprint density at radius 3 is 2.18 bits per heavy atom. The van der Waals surface area contributed by atoms with Crippen molar-refractivity contribution in [3.63, 3.8) is 0 Å². The van der Waals surface area contributed by atoms with Crippen LogP contribution in [0.5, 0.6) is 5.75 Å². The molecule has 0 aliphatic heterocycles. The van der Waals surface area contributed by atoms with E-state index in [4.69, 9.17) is 0 Å². The predicted octanol–water partition coefficient (Wildman–Crippen LogP) is 1.53. The second-order valence-corrected chi connectivity index (χ2v) is 3.39. The third kappa shape index (κ3) is 3.82. The zero-order chi connectivity index (χ0) is 13.0. The molecular formula is C11H11F2NO3. The van der Waals surface area contributed by atoms with Gasteiger partial charge in [0.15, 0.2) is 11.6 Å². The largest absolute Gasteiger partial charge is 0.420 e. The molecular weight excluding hydrogens is 232 g/mol. The highest BCUT2D eigenvalue weighted by Crippen LogP contribution is 2.23. The summed E-state index contributed by atoms with van der Waals surface area (Å²) >= 11 is 0. The summed E-state index contributed by atoms with van der Waals surface area (Å²) in [5, 5.41) is 2.40. The summed E-state index contributed by atoms with van der Waals surface area (Å²) in [6.45, 7) is 2.34. The first-order chi connectivity index (χ1) is 7.90. The Morgan fingerprint density at radius 1 is 1.24 bits per heavy atom. The van der Waals surface area contributed by atoms with Gasteiger partial charge < -0.3 is 10.1 Å². The summed E-state index contributed by atoms with van der Waals surface area (Å²) in [6, 6.07) is 1.99. The molecule has 0 saturated carbocycles. The molecule has 0 atom stereocenters. The molecule has 0 aliphatic rings. The predicted molar refractivity (Wildman–Crippen MR) is 55.2 cm³/mol. The fraction of sp³-hybridized carbons (Fsp3) is 0.273. The maximum Gasteiger partial charge on any atom is 0.308 e. The molecule has 0 saturated heterocycles. The number of nitrogens with one attached hydrogen (secondary N) is 1. The van der Waals surface area contributed by atoms with Crippen LogP contribution in [0.25, 0.3) is 0 Å². The van der Waals surface area contributed by atoms with E-state index in [1.807, 2.05) is 0 Å². The molecule has 0 unspecified atom stereocenters. The van der Waals surface area contributed by atoms with Crippen LogP contribution in [0, 0.1) is 11.6 Å². The van der Waals surface area contributed by atoms with Crippen molar-refractivity contribution >= 4 is 11.9 Å². The highest BCUT2D eigenvalue weighted by Gasteiger charge is 2.14. The molecule has 0 bridgehead atoms. The van der Waals surface area contributed by atoms with Crippen LogP contribution >= 0.6 is 0 Å². The minimum Gasteiger partial charge on any atom is -0.420 e. The Balaban J connectivity index is 2.92. The van der Waals surface area contributed by atoms with Crippen LogP contribution in [0.3, 0.4) is 0 Å². The smallest absolute Gasteiger partial charge is 0.308 e.